The van der Waals surface area contributed by atoms with Crippen molar-refractivity contribution in [2.24, 2.45) is 0 Å². The summed E-state index contributed by atoms with van der Waals surface area (Å²) in [6.07, 6.45) is -0.337. The third-order valence-corrected chi connectivity index (χ3v) is 5.86. The van der Waals surface area contributed by atoms with Crippen molar-refractivity contribution in [3.05, 3.63) is 76.6 Å². The van der Waals surface area contributed by atoms with Crippen molar-refractivity contribution >= 4 is 34.5 Å². The van der Waals surface area contributed by atoms with Gasteiger partial charge in [0.1, 0.15) is 17.8 Å². The van der Waals surface area contributed by atoms with Crippen LogP contribution in [0.5, 0.6) is 11.5 Å². The van der Waals surface area contributed by atoms with Crippen molar-refractivity contribution in [2.45, 2.75) is 25.9 Å². The number of hydrogen-bond acceptors (Lipinski definition) is 7. The molecule has 1 fully saturated rings. The molecule has 0 atom stereocenters. The van der Waals surface area contributed by atoms with Crippen LogP contribution in [0.15, 0.2) is 59.9 Å². The van der Waals surface area contributed by atoms with Crippen LogP contribution in [0.1, 0.15) is 30.9 Å². The number of carbonyl (C=O) groups is 2. The minimum absolute atomic E-state index is 0.109. The van der Waals surface area contributed by atoms with Crippen LogP contribution in [0.2, 0.25) is 0 Å². The molecule has 194 valence electrons. The van der Waals surface area contributed by atoms with Gasteiger partial charge in [-0.15, -0.1) is 0 Å². The van der Waals surface area contributed by atoms with E-state index in [0.29, 0.717) is 28.8 Å². The summed E-state index contributed by atoms with van der Waals surface area (Å²) in [6.45, 7) is 3.34. The highest BCUT2D eigenvalue weighted by molar-refractivity contribution is 6.27. The molecule has 4 aromatic rings. The summed E-state index contributed by atoms with van der Waals surface area (Å²) in [5, 5.41) is 0. The number of fused-ring (bicyclic) bond motifs is 1. The fourth-order valence-electron chi connectivity index (χ4n) is 4.03. The summed E-state index contributed by atoms with van der Waals surface area (Å²) < 4.78 is 45.5. The first kappa shape index (κ1) is 24.9. The van der Waals surface area contributed by atoms with Crippen molar-refractivity contribution in [2.75, 3.05) is 16.3 Å². The average molecular weight is 524 g/mol. The number of pyridine rings is 2. The summed E-state index contributed by atoms with van der Waals surface area (Å²) in [7, 11) is 0. The number of alkyl halides is 3. The Bertz CT molecular complexity index is 1640. The molecule has 0 bridgehead atoms. The smallest absolute Gasteiger partial charge is 0.417 e. The van der Waals surface area contributed by atoms with Gasteiger partial charge in [-0.05, 0) is 35.7 Å². The number of nitrogens with zero attached hydrogens (tertiary/aromatic N) is 5. The van der Waals surface area contributed by atoms with Gasteiger partial charge in [0.05, 0.1) is 29.3 Å². The number of urea groups is 1. The summed E-state index contributed by atoms with van der Waals surface area (Å²) in [4.78, 5) is 53.7. The number of aromatic nitrogens is 4. The first-order chi connectivity index (χ1) is 18.0. The van der Waals surface area contributed by atoms with E-state index >= 15 is 0 Å². The Kier molecular flexibility index (Phi) is 6.05. The van der Waals surface area contributed by atoms with E-state index < -0.39 is 35.8 Å². The molecule has 5 rings (SSSR count). The van der Waals surface area contributed by atoms with E-state index in [1.54, 1.807) is 18.2 Å². The Morgan fingerprint density at radius 2 is 1.76 bits per heavy atom. The summed E-state index contributed by atoms with van der Waals surface area (Å²) >= 11 is 0. The fraction of sp³-hybridized carbons (Fsp3) is 0.200. The standard InChI is InChI=1S/C25H19F3N6O4/c1-13(2)17-8-15(3-4-18(17)38-19-5-6-30-23-22(19)31-11-20(35)32-23)34-21(36)12-33(24(34)37)16-7-14(9-29-10-16)25(26,27)28/h3-11,13H,12H2,1-2H3,(H,30,32,35). The van der Waals surface area contributed by atoms with Crippen molar-refractivity contribution in [3.63, 3.8) is 0 Å². The molecule has 0 unspecified atom stereocenters. The maximum Gasteiger partial charge on any atom is 0.417 e. The summed E-state index contributed by atoms with van der Waals surface area (Å²) in [5.74, 6) is 0.0335. The zero-order valence-electron chi connectivity index (χ0n) is 20.0. The first-order valence-electron chi connectivity index (χ1n) is 11.4. The van der Waals surface area contributed by atoms with E-state index in [4.69, 9.17) is 4.74 Å². The molecule has 1 aliphatic heterocycles. The molecule has 4 heterocycles. The highest BCUT2D eigenvalue weighted by Gasteiger charge is 2.40. The second-order valence-electron chi connectivity index (χ2n) is 8.76. The lowest BCUT2D eigenvalue weighted by atomic mass is 10.0. The molecule has 13 heteroatoms. The van der Waals surface area contributed by atoms with E-state index in [-0.39, 0.29) is 22.9 Å². The van der Waals surface area contributed by atoms with Crippen molar-refractivity contribution in [3.8, 4) is 11.5 Å². The van der Waals surface area contributed by atoms with Gasteiger partial charge in [0.2, 0.25) is 0 Å². The fourth-order valence-corrected chi connectivity index (χ4v) is 4.03. The van der Waals surface area contributed by atoms with Crippen LogP contribution >= 0.6 is 0 Å². The minimum atomic E-state index is -4.65. The molecule has 0 spiro atoms. The van der Waals surface area contributed by atoms with E-state index in [0.717, 1.165) is 28.3 Å². The lowest BCUT2D eigenvalue weighted by molar-refractivity contribution is -0.137. The van der Waals surface area contributed by atoms with Gasteiger partial charge in [0.25, 0.3) is 11.5 Å². The number of aromatic amines is 1. The Balaban J connectivity index is 1.47. The molecule has 3 amide bonds. The lowest BCUT2D eigenvalue weighted by Gasteiger charge is -2.20. The van der Waals surface area contributed by atoms with Gasteiger partial charge in [-0.25, -0.2) is 19.7 Å². The number of imide groups is 1. The van der Waals surface area contributed by atoms with E-state index in [9.17, 15) is 27.6 Å². The van der Waals surface area contributed by atoms with E-state index in [1.165, 1.54) is 12.3 Å². The second kappa shape index (κ2) is 9.25. The Morgan fingerprint density at radius 1 is 0.974 bits per heavy atom. The molecule has 0 radical (unpaired) electrons. The van der Waals surface area contributed by atoms with Gasteiger partial charge in [0.15, 0.2) is 11.4 Å². The topological polar surface area (TPSA) is 121 Å². The first-order valence-corrected chi connectivity index (χ1v) is 11.4. The highest BCUT2D eigenvalue weighted by Crippen LogP contribution is 2.37. The normalized spacial score (nSPS) is 14.2. The predicted octanol–water partition coefficient (Wildman–Crippen LogP) is 4.62. The third-order valence-electron chi connectivity index (χ3n) is 5.86. The number of carbonyl (C=O) groups excluding carboxylic acids is 2. The van der Waals surface area contributed by atoms with Crippen LogP contribution in [-0.2, 0) is 11.0 Å². The average Bonchev–Trinajstić information content (AvgIpc) is 3.17. The van der Waals surface area contributed by atoms with Crippen molar-refractivity contribution < 1.29 is 27.5 Å². The summed E-state index contributed by atoms with van der Waals surface area (Å²) in [5.41, 5.74) is -0.114. The Labute approximate surface area is 212 Å². The quantitative estimate of drug-likeness (QED) is 0.378. The molecule has 0 aliphatic carbocycles. The minimum Gasteiger partial charge on any atom is -0.455 e. The molecule has 10 nitrogen and oxygen atoms in total. The number of hydrogen-bond donors (Lipinski definition) is 1. The van der Waals surface area contributed by atoms with Gasteiger partial charge < -0.3 is 9.72 Å². The third kappa shape index (κ3) is 4.53. The Hall–Kier alpha value is -4.81. The zero-order valence-corrected chi connectivity index (χ0v) is 20.0. The van der Waals surface area contributed by atoms with Crippen LogP contribution in [0.3, 0.4) is 0 Å². The zero-order chi connectivity index (χ0) is 27.2. The van der Waals surface area contributed by atoms with Crippen LogP contribution in [0.4, 0.5) is 29.3 Å². The van der Waals surface area contributed by atoms with Crippen LogP contribution in [0.25, 0.3) is 11.2 Å². The van der Waals surface area contributed by atoms with Crippen LogP contribution in [0, 0.1) is 0 Å². The van der Waals surface area contributed by atoms with E-state index in [2.05, 4.69) is 19.9 Å². The molecule has 1 aromatic carbocycles. The predicted molar refractivity (Wildman–Crippen MR) is 130 cm³/mol. The van der Waals surface area contributed by atoms with Crippen molar-refractivity contribution in [1.82, 2.24) is 19.9 Å². The maximum atomic E-state index is 13.2. The second-order valence-corrected chi connectivity index (χ2v) is 8.76. The summed E-state index contributed by atoms with van der Waals surface area (Å²) in [6, 6.07) is 6.26. The van der Waals surface area contributed by atoms with E-state index in [1.807, 2.05) is 13.8 Å². The molecule has 1 saturated heterocycles. The number of ether oxygens (including phenoxy) is 1. The molecule has 38 heavy (non-hydrogen) atoms. The lowest BCUT2D eigenvalue weighted by Crippen LogP contribution is -2.33. The molecule has 1 N–H and O–H groups in total. The molecule has 1 aliphatic rings. The number of benzene rings is 1. The van der Waals surface area contributed by atoms with Crippen LogP contribution < -0.4 is 20.1 Å². The van der Waals surface area contributed by atoms with Crippen LogP contribution in [-0.4, -0.2) is 38.4 Å². The maximum absolute atomic E-state index is 13.2. The Morgan fingerprint density at radius 3 is 2.50 bits per heavy atom. The molecular formula is C25H19F3N6O4. The van der Waals surface area contributed by atoms with Gasteiger partial charge in [-0.3, -0.25) is 19.5 Å². The highest BCUT2D eigenvalue weighted by atomic mass is 19.4. The van der Waals surface area contributed by atoms with Gasteiger partial charge in [0, 0.05) is 18.5 Å². The molecule has 0 saturated carbocycles. The number of amides is 3. The number of halogens is 3. The van der Waals surface area contributed by atoms with Gasteiger partial charge in [-0.2, -0.15) is 13.2 Å². The number of H-pyrrole nitrogens is 1. The number of rotatable bonds is 5. The van der Waals surface area contributed by atoms with Gasteiger partial charge in [-0.1, -0.05) is 13.8 Å². The molecule has 3 aromatic heterocycles. The van der Waals surface area contributed by atoms with Crippen molar-refractivity contribution in [1.29, 1.82) is 0 Å². The number of anilines is 2. The monoisotopic (exact) mass is 524 g/mol. The van der Waals surface area contributed by atoms with Gasteiger partial charge >= 0.3 is 12.2 Å². The number of nitrogens with one attached hydrogen (secondary N) is 1. The SMILES string of the molecule is CC(C)c1cc(N2C(=O)CN(c3cncc(C(F)(F)F)c3)C2=O)ccc1Oc1ccnc2[nH]c(=O)cnc12. The molecular weight excluding hydrogens is 505 g/mol. The largest absolute Gasteiger partial charge is 0.455 e.